The second-order valence-corrected chi connectivity index (χ2v) is 5.44. The minimum absolute atomic E-state index is 0.0362. The normalized spacial score (nSPS) is 17.8. The van der Waals surface area contributed by atoms with Crippen LogP contribution in [0.3, 0.4) is 0 Å². The SMILES string of the molecule is COc1ccc(C(C)N)c(OCCN2CCCCC2)c1. The molecule has 2 N–H and O–H groups in total. The quantitative estimate of drug-likeness (QED) is 0.869. The van der Waals surface area contributed by atoms with Gasteiger partial charge in [0.15, 0.2) is 0 Å². The molecule has 0 bridgehead atoms. The lowest BCUT2D eigenvalue weighted by Gasteiger charge is -2.26. The fraction of sp³-hybridized carbons (Fsp3) is 0.625. The molecule has 0 spiro atoms. The predicted octanol–water partition coefficient (Wildman–Crippen LogP) is 2.58. The maximum atomic E-state index is 5.99. The molecular formula is C16H26N2O2. The molecule has 0 aliphatic carbocycles. The number of ether oxygens (including phenoxy) is 2. The van der Waals surface area contributed by atoms with Crippen molar-refractivity contribution in [2.75, 3.05) is 33.4 Å². The average molecular weight is 278 g/mol. The van der Waals surface area contributed by atoms with Gasteiger partial charge < -0.3 is 15.2 Å². The third-order valence-electron chi connectivity index (χ3n) is 3.83. The molecule has 1 aromatic carbocycles. The van der Waals surface area contributed by atoms with Crippen LogP contribution in [0, 0.1) is 0 Å². The summed E-state index contributed by atoms with van der Waals surface area (Å²) in [5.74, 6) is 1.65. The van der Waals surface area contributed by atoms with Crippen molar-refractivity contribution in [3.05, 3.63) is 23.8 Å². The summed E-state index contributed by atoms with van der Waals surface area (Å²) in [5, 5.41) is 0. The fourth-order valence-corrected chi connectivity index (χ4v) is 2.61. The Labute approximate surface area is 121 Å². The number of piperidine rings is 1. The van der Waals surface area contributed by atoms with Crippen LogP contribution in [0.4, 0.5) is 0 Å². The second-order valence-electron chi connectivity index (χ2n) is 5.44. The molecule has 1 aliphatic heterocycles. The molecule has 1 aromatic rings. The van der Waals surface area contributed by atoms with Gasteiger partial charge in [0.1, 0.15) is 18.1 Å². The lowest BCUT2D eigenvalue weighted by molar-refractivity contribution is 0.182. The Morgan fingerprint density at radius 1 is 1.25 bits per heavy atom. The summed E-state index contributed by atoms with van der Waals surface area (Å²) in [6, 6.07) is 5.80. The number of methoxy groups -OCH3 is 1. The zero-order valence-corrected chi connectivity index (χ0v) is 12.6. The summed E-state index contributed by atoms with van der Waals surface area (Å²) in [6.07, 6.45) is 3.98. The first-order valence-electron chi connectivity index (χ1n) is 7.49. The van der Waals surface area contributed by atoms with Crippen LogP contribution in [-0.2, 0) is 0 Å². The van der Waals surface area contributed by atoms with Crippen molar-refractivity contribution in [2.24, 2.45) is 5.73 Å². The van der Waals surface area contributed by atoms with Gasteiger partial charge in [-0.1, -0.05) is 12.5 Å². The van der Waals surface area contributed by atoms with Crippen LogP contribution in [0.1, 0.15) is 37.8 Å². The van der Waals surface area contributed by atoms with Crippen molar-refractivity contribution in [2.45, 2.75) is 32.2 Å². The standard InChI is InChI=1S/C16H26N2O2/c1-13(17)15-7-6-14(19-2)12-16(15)20-11-10-18-8-4-3-5-9-18/h6-7,12-13H,3-5,8-11,17H2,1-2H3. The Balaban J connectivity index is 1.92. The van der Waals surface area contributed by atoms with Gasteiger partial charge in [-0.15, -0.1) is 0 Å². The molecule has 0 aromatic heterocycles. The zero-order chi connectivity index (χ0) is 14.4. The molecule has 0 radical (unpaired) electrons. The Bertz CT molecular complexity index is 415. The van der Waals surface area contributed by atoms with E-state index >= 15 is 0 Å². The van der Waals surface area contributed by atoms with E-state index in [9.17, 15) is 0 Å². The number of hydrogen-bond acceptors (Lipinski definition) is 4. The highest BCUT2D eigenvalue weighted by molar-refractivity contribution is 5.42. The highest BCUT2D eigenvalue weighted by Gasteiger charge is 2.12. The Kier molecular flexibility index (Phi) is 5.68. The molecule has 2 rings (SSSR count). The van der Waals surface area contributed by atoms with Gasteiger partial charge in [-0.25, -0.2) is 0 Å². The van der Waals surface area contributed by atoms with Crippen LogP contribution in [0.15, 0.2) is 18.2 Å². The van der Waals surface area contributed by atoms with Gasteiger partial charge in [0.25, 0.3) is 0 Å². The fourth-order valence-electron chi connectivity index (χ4n) is 2.61. The van der Waals surface area contributed by atoms with Gasteiger partial charge in [-0.2, -0.15) is 0 Å². The number of nitrogens with two attached hydrogens (primary N) is 1. The predicted molar refractivity (Wildman–Crippen MR) is 81.4 cm³/mol. The van der Waals surface area contributed by atoms with Crippen LogP contribution in [0.5, 0.6) is 11.5 Å². The van der Waals surface area contributed by atoms with Crippen LogP contribution in [0.25, 0.3) is 0 Å². The van der Waals surface area contributed by atoms with E-state index in [0.717, 1.165) is 23.6 Å². The molecular weight excluding hydrogens is 252 g/mol. The average Bonchev–Trinajstić information content (AvgIpc) is 2.48. The van der Waals surface area contributed by atoms with E-state index in [0.29, 0.717) is 6.61 Å². The minimum atomic E-state index is -0.0362. The lowest BCUT2D eigenvalue weighted by atomic mass is 10.1. The highest BCUT2D eigenvalue weighted by Crippen LogP contribution is 2.28. The summed E-state index contributed by atoms with van der Waals surface area (Å²) in [4.78, 5) is 2.47. The first kappa shape index (κ1) is 15.1. The van der Waals surface area contributed by atoms with Crippen molar-refractivity contribution in [3.8, 4) is 11.5 Å². The van der Waals surface area contributed by atoms with Crippen LogP contribution < -0.4 is 15.2 Å². The summed E-state index contributed by atoms with van der Waals surface area (Å²) in [5.41, 5.74) is 7.02. The summed E-state index contributed by atoms with van der Waals surface area (Å²) >= 11 is 0. The lowest BCUT2D eigenvalue weighted by Crippen LogP contribution is -2.33. The minimum Gasteiger partial charge on any atom is -0.497 e. The third-order valence-corrected chi connectivity index (χ3v) is 3.83. The first-order valence-corrected chi connectivity index (χ1v) is 7.49. The van der Waals surface area contributed by atoms with E-state index in [2.05, 4.69) is 4.90 Å². The van der Waals surface area contributed by atoms with Gasteiger partial charge in [-0.05, 0) is 38.9 Å². The Hall–Kier alpha value is -1.26. The molecule has 1 fully saturated rings. The number of hydrogen-bond donors (Lipinski definition) is 1. The Morgan fingerprint density at radius 2 is 2.00 bits per heavy atom. The second kappa shape index (κ2) is 7.50. The third kappa shape index (κ3) is 4.12. The summed E-state index contributed by atoms with van der Waals surface area (Å²) in [7, 11) is 1.67. The molecule has 20 heavy (non-hydrogen) atoms. The molecule has 1 atom stereocenters. The van der Waals surface area contributed by atoms with Gasteiger partial charge in [-0.3, -0.25) is 4.90 Å². The maximum absolute atomic E-state index is 5.99. The number of benzene rings is 1. The first-order chi connectivity index (χ1) is 9.70. The van der Waals surface area contributed by atoms with Crippen molar-refractivity contribution in [3.63, 3.8) is 0 Å². The molecule has 1 aliphatic rings. The van der Waals surface area contributed by atoms with E-state index in [1.807, 2.05) is 25.1 Å². The van der Waals surface area contributed by atoms with Gasteiger partial charge in [0, 0.05) is 24.2 Å². The van der Waals surface area contributed by atoms with E-state index in [1.165, 1.54) is 32.4 Å². The number of likely N-dealkylation sites (tertiary alicyclic amines) is 1. The van der Waals surface area contributed by atoms with Gasteiger partial charge >= 0.3 is 0 Å². The van der Waals surface area contributed by atoms with Crippen LogP contribution in [0.2, 0.25) is 0 Å². The van der Waals surface area contributed by atoms with Gasteiger partial charge in [0.05, 0.1) is 7.11 Å². The number of nitrogens with zero attached hydrogens (tertiary/aromatic N) is 1. The van der Waals surface area contributed by atoms with E-state index < -0.39 is 0 Å². The largest absolute Gasteiger partial charge is 0.497 e. The number of rotatable bonds is 6. The monoisotopic (exact) mass is 278 g/mol. The van der Waals surface area contributed by atoms with Crippen LogP contribution >= 0.6 is 0 Å². The van der Waals surface area contributed by atoms with Crippen molar-refractivity contribution in [1.29, 1.82) is 0 Å². The molecule has 0 amide bonds. The molecule has 4 nitrogen and oxygen atoms in total. The summed E-state index contributed by atoms with van der Waals surface area (Å²) in [6.45, 7) is 6.05. The van der Waals surface area contributed by atoms with E-state index in [4.69, 9.17) is 15.2 Å². The molecule has 0 saturated carbocycles. The highest BCUT2D eigenvalue weighted by atomic mass is 16.5. The van der Waals surface area contributed by atoms with Gasteiger partial charge in [0.2, 0.25) is 0 Å². The molecule has 112 valence electrons. The molecule has 1 unspecified atom stereocenters. The summed E-state index contributed by atoms with van der Waals surface area (Å²) < 4.78 is 11.2. The van der Waals surface area contributed by atoms with Crippen LogP contribution in [-0.4, -0.2) is 38.3 Å². The molecule has 4 heteroatoms. The Morgan fingerprint density at radius 3 is 2.65 bits per heavy atom. The molecule has 1 heterocycles. The van der Waals surface area contributed by atoms with Crippen molar-refractivity contribution < 1.29 is 9.47 Å². The maximum Gasteiger partial charge on any atom is 0.127 e. The van der Waals surface area contributed by atoms with Crippen molar-refractivity contribution in [1.82, 2.24) is 4.90 Å². The smallest absolute Gasteiger partial charge is 0.127 e. The molecule has 1 saturated heterocycles. The topological polar surface area (TPSA) is 47.7 Å². The van der Waals surface area contributed by atoms with Crippen molar-refractivity contribution >= 4 is 0 Å². The van der Waals surface area contributed by atoms with E-state index in [-0.39, 0.29) is 6.04 Å². The zero-order valence-electron chi connectivity index (χ0n) is 12.6. The van der Waals surface area contributed by atoms with E-state index in [1.54, 1.807) is 7.11 Å².